The monoisotopic (exact) mass is 427 g/mol. The van der Waals surface area contributed by atoms with Crippen LogP contribution in [0.4, 0.5) is 0 Å². The highest BCUT2D eigenvalue weighted by Gasteiger charge is 2.08. The number of carbonyl (C=O) groups is 1. The molecule has 0 saturated heterocycles. The van der Waals surface area contributed by atoms with Gasteiger partial charge in [-0.05, 0) is 52.7 Å². The summed E-state index contributed by atoms with van der Waals surface area (Å²) in [7, 11) is 0. The number of hydrogen-bond acceptors (Lipinski definition) is 2. The molecule has 0 spiro atoms. The molecule has 0 saturated carbocycles. The van der Waals surface area contributed by atoms with Gasteiger partial charge < -0.3 is 0 Å². The zero-order valence-corrected chi connectivity index (χ0v) is 22.6. The Hall–Kier alpha value is -2.22. The van der Waals surface area contributed by atoms with Crippen molar-refractivity contribution in [1.29, 1.82) is 0 Å². The van der Waals surface area contributed by atoms with Gasteiger partial charge in [0.15, 0.2) is 0 Å². The van der Waals surface area contributed by atoms with Gasteiger partial charge in [-0.15, -0.1) is 0 Å². The SMILES string of the molecule is C=C(C)\C=C(C)/C(C)=N/C(=C(\C)CC(C)=O)c1ccc(C)cc1.CC.CCC.CCC. The molecule has 0 aliphatic rings. The molecular weight excluding hydrogens is 378 g/mol. The summed E-state index contributed by atoms with van der Waals surface area (Å²) < 4.78 is 0. The maximum atomic E-state index is 11.5. The predicted octanol–water partition coefficient (Wildman–Crippen LogP) is 9.55. The summed E-state index contributed by atoms with van der Waals surface area (Å²) in [4.78, 5) is 16.3. The number of nitrogens with zero attached hydrogens (tertiary/aromatic N) is 1. The molecule has 1 rings (SSSR count). The number of ketones is 1. The Kier molecular flexibility index (Phi) is 22.7. The Labute approximate surface area is 194 Å². The molecule has 0 radical (unpaired) electrons. The molecule has 1 aromatic carbocycles. The van der Waals surface area contributed by atoms with Crippen LogP contribution in [0.3, 0.4) is 0 Å². The first-order valence-corrected chi connectivity index (χ1v) is 11.7. The largest absolute Gasteiger partial charge is 0.300 e. The normalized spacial score (nSPS) is 11.5. The van der Waals surface area contributed by atoms with Gasteiger partial charge in [0.05, 0.1) is 5.70 Å². The second kappa shape index (κ2) is 21.0. The molecule has 0 unspecified atom stereocenters. The first-order chi connectivity index (χ1) is 14.5. The van der Waals surface area contributed by atoms with Crippen molar-refractivity contribution >= 4 is 17.2 Å². The number of aryl methyl sites for hydroxylation is 1. The van der Waals surface area contributed by atoms with Gasteiger partial charge >= 0.3 is 0 Å². The first kappa shape index (κ1) is 33.4. The summed E-state index contributed by atoms with van der Waals surface area (Å²) in [6.07, 6.45) is 4.94. The molecular formula is C29H49NO. The van der Waals surface area contributed by atoms with Crippen LogP contribution in [0.25, 0.3) is 5.70 Å². The van der Waals surface area contributed by atoms with Crippen LogP contribution in [-0.4, -0.2) is 11.5 Å². The van der Waals surface area contributed by atoms with Gasteiger partial charge in [0.2, 0.25) is 0 Å². The Balaban J connectivity index is -0.000000855. The number of Topliss-reactive ketones (excluding diaryl/α,β-unsaturated/α-hetero) is 1. The quantitative estimate of drug-likeness (QED) is 0.328. The van der Waals surface area contributed by atoms with E-state index in [-0.39, 0.29) is 5.78 Å². The zero-order valence-electron chi connectivity index (χ0n) is 22.6. The predicted molar refractivity (Wildman–Crippen MR) is 144 cm³/mol. The van der Waals surface area contributed by atoms with Gasteiger partial charge in [0.25, 0.3) is 0 Å². The van der Waals surface area contributed by atoms with Crippen molar-refractivity contribution < 1.29 is 4.79 Å². The Morgan fingerprint density at radius 1 is 0.903 bits per heavy atom. The topological polar surface area (TPSA) is 29.4 Å². The summed E-state index contributed by atoms with van der Waals surface area (Å²) >= 11 is 0. The molecule has 0 aliphatic heterocycles. The van der Waals surface area contributed by atoms with Gasteiger partial charge in [-0.1, -0.05) is 102 Å². The van der Waals surface area contributed by atoms with Crippen molar-refractivity contribution in [3.8, 4) is 0 Å². The summed E-state index contributed by atoms with van der Waals surface area (Å²) in [5.74, 6) is 0.147. The van der Waals surface area contributed by atoms with E-state index in [2.05, 4.69) is 65.5 Å². The summed E-state index contributed by atoms with van der Waals surface area (Å²) in [5, 5.41) is 0. The van der Waals surface area contributed by atoms with Crippen LogP contribution in [0.1, 0.15) is 107 Å². The summed E-state index contributed by atoms with van der Waals surface area (Å²) in [6, 6.07) is 8.25. The second-order valence-electron chi connectivity index (χ2n) is 7.66. The van der Waals surface area contributed by atoms with Crippen LogP contribution in [0.5, 0.6) is 0 Å². The molecule has 0 aliphatic carbocycles. The van der Waals surface area contributed by atoms with Crippen LogP contribution in [0.15, 0.2) is 58.6 Å². The Morgan fingerprint density at radius 2 is 1.32 bits per heavy atom. The smallest absolute Gasteiger partial charge is 0.133 e. The van der Waals surface area contributed by atoms with E-state index < -0.39 is 0 Å². The molecule has 0 fully saturated rings. The lowest BCUT2D eigenvalue weighted by Crippen LogP contribution is -1.99. The van der Waals surface area contributed by atoms with Gasteiger partial charge in [0, 0.05) is 17.7 Å². The molecule has 31 heavy (non-hydrogen) atoms. The molecule has 2 heteroatoms. The molecule has 1 aromatic rings. The van der Waals surface area contributed by atoms with Crippen molar-refractivity contribution in [1.82, 2.24) is 0 Å². The molecule has 2 nitrogen and oxygen atoms in total. The van der Waals surface area contributed by atoms with Crippen molar-refractivity contribution in [2.45, 2.75) is 102 Å². The number of benzene rings is 1. The van der Waals surface area contributed by atoms with Crippen molar-refractivity contribution in [3.63, 3.8) is 0 Å². The third-order valence-corrected chi connectivity index (χ3v) is 3.56. The van der Waals surface area contributed by atoms with E-state index >= 15 is 0 Å². The Morgan fingerprint density at radius 3 is 1.68 bits per heavy atom. The lowest BCUT2D eigenvalue weighted by molar-refractivity contribution is -0.116. The van der Waals surface area contributed by atoms with Crippen LogP contribution in [0.2, 0.25) is 0 Å². The number of hydrogen-bond donors (Lipinski definition) is 0. The molecule has 0 heterocycles. The fourth-order valence-corrected chi connectivity index (χ4v) is 2.30. The maximum Gasteiger partial charge on any atom is 0.133 e. The zero-order chi connectivity index (χ0) is 25.0. The van der Waals surface area contributed by atoms with E-state index in [1.165, 1.54) is 18.4 Å². The van der Waals surface area contributed by atoms with E-state index in [0.717, 1.165) is 33.7 Å². The van der Waals surface area contributed by atoms with Crippen molar-refractivity contribution in [3.05, 3.63) is 64.8 Å². The highest BCUT2D eigenvalue weighted by atomic mass is 16.1. The minimum Gasteiger partial charge on any atom is -0.300 e. The second-order valence-corrected chi connectivity index (χ2v) is 7.66. The van der Waals surface area contributed by atoms with E-state index in [1.807, 2.05) is 47.6 Å². The fourth-order valence-electron chi connectivity index (χ4n) is 2.30. The number of rotatable bonds is 6. The molecule has 0 amide bonds. The van der Waals surface area contributed by atoms with Gasteiger partial charge in [-0.25, -0.2) is 0 Å². The number of aliphatic imine (C=N–C) groups is 1. The summed E-state index contributed by atoms with van der Waals surface area (Å²) in [6.45, 7) is 28.0. The van der Waals surface area contributed by atoms with Crippen molar-refractivity contribution in [2.24, 2.45) is 4.99 Å². The van der Waals surface area contributed by atoms with E-state index in [4.69, 9.17) is 4.99 Å². The van der Waals surface area contributed by atoms with E-state index in [9.17, 15) is 4.79 Å². The average Bonchev–Trinajstić information content (AvgIpc) is 2.68. The van der Waals surface area contributed by atoms with Gasteiger partial charge in [-0.3, -0.25) is 9.79 Å². The third-order valence-electron chi connectivity index (χ3n) is 3.56. The fraction of sp³-hybridized carbons (Fsp3) is 0.517. The lowest BCUT2D eigenvalue weighted by atomic mass is 10.0. The van der Waals surface area contributed by atoms with Crippen LogP contribution >= 0.6 is 0 Å². The molecule has 0 N–H and O–H groups in total. The minimum atomic E-state index is 0.147. The first-order valence-electron chi connectivity index (χ1n) is 11.7. The van der Waals surface area contributed by atoms with Crippen molar-refractivity contribution in [2.75, 3.05) is 0 Å². The molecule has 0 atom stereocenters. The third kappa shape index (κ3) is 18.3. The molecule has 0 aromatic heterocycles. The highest BCUT2D eigenvalue weighted by Crippen LogP contribution is 2.24. The van der Waals surface area contributed by atoms with E-state index in [0.29, 0.717) is 6.42 Å². The average molecular weight is 428 g/mol. The maximum absolute atomic E-state index is 11.5. The van der Waals surface area contributed by atoms with Crippen LogP contribution in [0, 0.1) is 6.92 Å². The van der Waals surface area contributed by atoms with E-state index in [1.54, 1.807) is 6.92 Å². The lowest BCUT2D eigenvalue weighted by Gasteiger charge is -2.10. The minimum absolute atomic E-state index is 0.147. The van der Waals surface area contributed by atoms with Gasteiger partial charge in [0.1, 0.15) is 5.78 Å². The molecule has 0 bridgehead atoms. The standard InChI is InChI=1S/C21H27NO.2C3H8.C2H6/c1-14(2)12-16(4)19(7)22-21(17(5)13-18(6)23)20-10-8-15(3)9-11-20;2*1-3-2;1-2/h8-12H,1,13H2,2-7H3;2*3H2,1-2H3;1-2H3/b16-12-,21-17+,22-19+;;;. The Bertz CT molecular complexity index is 714. The highest BCUT2D eigenvalue weighted by molar-refractivity contribution is 6.01. The number of allylic oxidation sites excluding steroid dienone is 4. The molecule has 176 valence electrons. The van der Waals surface area contributed by atoms with Gasteiger partial charge in [-0.2, -0.15) is 0 Å². The summed E-state index contributed by atoms with van der Waals surface area (Å²) in [5.41, 5.74) is 7.13. The van der Waals surface area contributed by atoms with Crippen LogP contribution < -0.4 is 0 Å². The van der Waals surface area contributed by atoms with Crippen LogP contribution in [-0.2, 0) is 4.79 Å². The number of carbonyl (C=O) groups excluding carboxylic acids is 1.